The number of thiazole rings is 1. The topological polar surface area (TPSA) is 89.6 Å². The van der Waals surface area contributed by atoms with E-state index < -0.39 is 5.91 Å². The highest BCUT2D eigenvalue weighted by molar-refractivity contribution is 7.09. The van der Waals surface area contributed by atoms with Gasteiger partial charge in [0.25, 0.3) is 5.91 Å². The molecule has 0 bridgehead atoms. The zero-order valence-electron chi connectivity index (χ0n) is 16.1. The van der Waals surface area contributed by atoms with E-state index in [9.17, 15) is 9.59 Å². The summed E-state index contributed by atoms with van der Waals surface area (Å²) < 4.78 is 10.8. The molecule has 0 aliphatic rings. The lowest BCUT2D eigenvalue weighted by atomic mass is 10.1. The Morgan fingerprint density at radius 3 is 2.52 bits per heavy atom. The number of nitrogens with zero attached hydrogens (tertiary/aromatic N) is 1. The first-order valence-corrected chi connectivity index (χ1v) is 9.78. The van der Waals surface area contributed by atoms with Gasteiger partial charge in [0, 0.05) is 5.38 Å². The Hall–Kier alpha value is -3.39. The molecule has 2 aromatic carbocycles. The number of amides is 2. The highest BCUT2D eigenvalue weighted by atomic mass is 32.1. The third kappa shape index (κ3) is 5.79. The number of ether oxygens (including phenoxy) is 2. The average Bonchev–Trinajstić information content (AvgIpc) is 3.16. The number of nitrogens with one attached hydrogen (secondary N) is 2. The molecule has 1 aromatic heterocycles. The minimum atomic E-state index is -0.460. The van der Waals surface area contributed by atoms with Crippen LogP contribution in [-0.4, -0.2) is 23.9 Å². The quantitative estimate of drug-likeness (QED) is 0.584. The summed E-state index contributed by atoms with van der Waals surface area (Å²) in [4.78, 5) is 28.9. The minimum Gasteiger partial charge on any atom is -0.497 e. The summed E-state index contributed by atoms with van der Waals surface area (Å²) in [6, 6.07) is 14.0. The predicted molar refractivity (Wildman–Crippen MR) is 110 cm³/mol. The molecule has 0 saturated heterocycles. The van der Waals surface area contributed by atoms with E-state index in [0.717, 1.165) is 16.3 Å². The standard InChI is InChI=1S/C21H21N3O4S/c1-14-22-16(13-29-14)12-28-19-6-4-3-5-18(19)21(26)24-23-20(25)11-15-7-9-17(27-2)10-8-15/h3-10,13H,11-12H2,1-2H3,(H,23,25)(H,24,26). The molecule has 0 fully saturated rings. The SMILES string of the molecule is COc1ccc(CC(=O)NNC(=O)c2ccccc2OCc2csc(C)n2)cc1. The Kier molecular flexibility index (Phi) is 6.80. The Bertz CT molecular complexity index is 986. The van der Waals surface area contributed by atoms with Crippen LogP contribution in [0.15, 0.2) is 53.9 Å². The van der Waals surface area contributed by atoms with Crippen LogP contribution in [0.3, 0.4) is 0 Å². The molecular weight excluding hydrogens is 390 g/mol. The number of hydrogen-bond acceptors (Lipinski definition) is 6. The normalized spacial score (nSPS) is 10.3. The van der Waals surface area contributed by atoms with Crippen LogP contribution in [0.25, 0.3) is 0 Å². The Morgan fingerprint density at radius 2 is 1.83 bits per heavy atom. The summed E-state index contributed by atoms with van der Waals surface area (Å²) in [6.07, 6.45) is 0.131. The molecule has 150 valence electrons. The van der Waals surface area contributed by atoms with Gasteiger partial charge in [0.05, 0.1) is 29.8 Å². The molecule has 0 saturated carbocycles. The monoisotopic (exact) mass is 411 g/mol. The maximum atomic E-state index is 12.5. The summed E-state index contributed by atoms with van der Waals surface area (Å²) in [5, 5.41) is 2.87. The van der Waals surface area contributed by atoms with Crippen molar-refractivity contribution in [3.8, 4) is 11.5 Å². The molecule has 3 rings (SSSR count). The second-order valence-corrected chi connectivity index (χ2v) is 7.23. The van der Waals surface area contributed by atoms with Gasteiger partial charge < -0.3 is 9.47 Å². The van der Waals surface area contributed by atoms with Crippen LogP contribution < -0.4 is 20.3 Å². The lowest BCUT2D eigenvalue weighted by Gasteiger charge is -2.12. The van der Waals surface area contributed by atoms with Crippen molar-refractivity contribution < 1.29 is 19.1 Å². The molecule has 2 amide bonds. The number of benzene rings is 2. The molecular formula is C21H21N3O4S. The number of hydrazine groups is 1. The van der Waals surface area contributed by atoms with Gasteiger partial charge in [0.1, 0.15) is 18.1 Å². The number of aromatic nitrogens is 1. The van der Waals surface area contributed by atoms with E-state index in [4.69, 9.17) is 9.47 Å². The summed E-state index contributed by atoms with van der Waals surface area (Å²) in [7, 11) is 1.58. The fourth-order valence-corrected chi connectivity index (χ4v) is 3.17. The molecule has 0 aliphatic heterocycles. The lowest BCUT2D eigenvalue weighted by Crippen LogP contribution is -2.42. The first kappa shape index (κ1) is 20.3. The fraction of sp³-hybridized carbons (Fsp3) is 0.190. The number of carbonyl (C=O) groups excluding carboxylic acids is 2. The molecule has 0 unspecified atom stereocenters. The summed E-state index contributed by atoms with van der Waals surface area (Å²) >= 11 is 1.54. The van der Waals surface area contributed by atoms with Crippen LogP contribution in [0, 0.1) is 6.92 Å². The van der Waals surface area contributed by atoms with Crippen molar-refractivity contribution >= 4 is 23.2 Å². The molecule has 7 nitrogen and oxygen atoms in total. The van der Waals surface area contributed by atoms with Crippen molar-refractivity contribution in [2.75, 3.05) is 7.11 Å². The molecule has 2 N–H and O–H groups in total. The van der Waals surface area contributed by atoms with Gasteiger partial charge >= 0.3 is 0 Å². The van der Waals surface area contributed by atoms with Gasteiger partial charge in [-0.2, -0.15) is 0 Å². The third-order valence-corrected chi connectivity index (χ3v) is 4.84. The van der Waals surface area contributed by atoms with Crippen molar-refractivity contribution in [1.29, 1.82) is 0 Å². The number of carbonyl (C=O) groups is 2. The third-order valence-electron chi connectivity index (χ3n) is 4.01. The van der Waals surface area contributed by atoms with Crippen LogP contribution in [0.5, 0.6) is 11.5 Å². The van der Waals surface area contributed by atoms with Crippen LogP contribution in [0.1, 0.15) is 26.6 Å². The van der Waals surface area contributed by atoms with Crippen LogP contribution >= 0.6 is 11.3 Å². The number of aryl methyl sites for hydroxylation is 1. The maximum absolute atomic E-state index is 12.5. The van der Waals surface area contributed by atoms with Crippen molar-refractivity contribution in [1.82, 2.24) is 15.8 Å². The first-order valence-electron chi connectivity index (χ1n) is 8.90. The summed E-state index contributed by atoms with van der Waals surface area (Å²) in [5.74, 6) is 0.338. The van der Waals surface area contributed by atoms with E-state index >= 15 is 0 Å². The zero-order valence-corrected chi connectivity index (χ0v) is 16.9. The number of rotatable bonds is 7. The molecule has 29 heavy (non-hydrogen) atoms. The molecule has 0 aliphatic carbocycles. The van der Waals surface area contributed by atoms with E-state index in [0.29, 0.717) is 17.1 Å². The fourth-order valence-electron chi connectivity index (χ4n) is 2.57. The van der Waals surface area contributed by atoms with Crippen molar-refractivity contribution in [3.05, 3.63) is 75.7 Å². The molecule has 3 aromatic rings. The highest BCUT2D eigenvalue weighted by Crippen LogP contribution is 2.20. The average molecular weight is 411 g/mol. The van der Waals surface area contributed by atoms with Crippen LogP contribution in [-0.2, 0) is 17.8 Å². The van der Waals surface area contributed by atoms with Crippen molar-refractivity contribution in [2.24, 2.45) is 0 Å². The Labute approximate surface area is 172 Å². The Balaban J connectivity index is 1.55. The number of methoxy groups -OCH3 is 1. The van der Waals surface area contributed by atoms with Gasteiger partial charge in [-0.25, -0.2) is 4.98 Å². The first-order chi connectivity index (χ1) is 14.0. The second kappa shape index (κ2) is 9.70. The van der Waals surface area contributed by atoms with Gasteiger partial charge in [0.15, 0.2) is 0 Å². The number of para-hydroxylation sites is 1. The highest BCUT2D eigenvalue weighted by Gasteiger charge is 2.14. The van der Waals surface area contributed by atoms with E-state index in [1.165, 1.54) is 11.3 Å². The zero-order chi connectivity index (χ0) is 20.6. The molecule has 1 heterocycles. The predicted octanol–water partition coefficient (Wildman–Crippen LogP) is 3.04. The van der Waals surface area contributed by atoms with Crippen molar-refractivity contribution in [2.45, 2.75) is 20.0 Å². The van der Waals surface area contributed by atoms with Crippen molar-refractivity contribution in [3.63, 3.8) is 0 Å². The smallest absolute Gasteiger partial charge is 0.273 e. The van der Waals surface area contributed by atoms with Gasteiger partial charge in [-0.15, -0.1) is 11.3 Å². The lowest BCUT2D eigenvalue weighted by molar-refractivity contribution is -0.121. The van der Waals surface area contributed by atoms with Crippen LogP contribution in [0.2, 0.25) is 0 Å². The summed E-state index contributed by atoms with van der Waals surface area (Å²) in [5.41, 5.74) is 6.78. The molecule has 0 spiro atoms. The van der Waals surface area contributed by atoms with Gasteiger partial charge in [0.2, 0.25) is 5.91 Å². The van der Waals surface area contributed by atoms with Gasteiger partial charge in [-0.3, -0.25) is 20.4 Å². The number of hydrogen-bond donors (Lipinski definition) is 2. The van der Waals surface area contributed by atoms with E-state index in [-0.39, 0.29) is 18.9 Å². The largest absolute Gasteiger partial charge is 0.497 e. The van der Waals surface area contributed by atoms with E-state index in [1.807, 2.05) is 12.3 Å². The summed E-state index contributed by atoms with van der Waals surface area (Å²) in [6.45, 7) is 2.18. The Morgan fingerprint density at radius 1 is 1.07 bits per heavy atom. The second-order valence-electron chi connectivity index (χ2n) is 6.17. The van der Waals surface area contributed by atoms with Crippen LogP contribution in [0.4, 0.5) is 0 Å². The van der Waals surface area contributed by atoms with E-state index in [1.54, 1.807) is 55.6 Å². The van der Waals surface area contributed by atoms with Gasteiger partial charge in [-0.05, 0) is 36.8 Å². The van der Waals surface area contributed by atoms with E-state index in [2.05, 4.69) is 15.8 Å². The minimum absolute atomic E-state index is 0.131. The molecule has 0 atom stereocenters. The maximum Gasteiger partial charge on any atom is 0.273 e. The van der Waals surface area contributed by atoms with Gasteiger partial charge in [-0.1, -0.05) is 24.3 Å². The molecule has 8 heteroatoms. The molecule has 0 radical (unpaired) electrons.